The van der Waals surface area contributed by atoms with E-state index in [0.717, 1.165) is 11.1 Å². The van der Waals surface area contributed by atoms with Crippen LogP contribution in [0.25, 0.3) is 0 Å². The molecule has 2 aromatic carbocycles. The lowest BCUT2D eigenvalue weighted by Crippen LogP contribution is -2.44. The van der Waals surface area contributed by atoms with Gasteiger partial charge in [0.25, 0.3) is 5.91 Å². The highest BCUT2D eigenvalue weighted by Gasteiger charge is 2.39. The van der Waals surface area contributed by atoms with Crippen LogP contribution in [0.3, 0.4) is 0 Å². The van der Waals surface area contributed by atoms with Crippen LogP contribution in [-0.2, 0) is 22.7 Å². The van der Waals surface area contributed by atoms with Gasteiger partial charge in [-0.1, -0.05) is 18.2 Å². The number of nitrogens with one attached hydrogen (secondary N) is 2. The number of rotatable bonds is 5. The van der Waals surface area contributed by atoms with Crippen LogP contribution < -0.4 is 15.4 Å². The Morgan fingerprint density at radius 2 is 1.97 bits per heavy atom. The number of urea groups is 1. The van der Waals surface area contributed by atoms with Crippen molar-refractivity contribution in [2.45, 2.75) is 38.4 Å². The second-order valence-corrected chi connectivity index (χ2v) is 7.65. The maximum Gasteiger partial charge on any atom is 0.319 e. The molecule has 1 unspecified atom stereocenters. The molecular weight excluding hydrogens is 398 g/mol. The highest BCUT2D eigenvalue weighted by atomic mass is 16.5. The molecule has 1 fully saturated rings. The van der Waals surface area contributed by atoms with Gasteiger partial charge in [0.2, 0.25) is 0 Å². The van der Waals surface area contributed by atoms with Gasteiger partial charge in [-0.15, -0.1) is 0 Å². The number of nitrogens with zero attached hydrogens (tertiary/aromatic N) is 1. The number of benzene rings is 2. The molecule has 8 heteroatoms. The lowest BCUT2D eigenvalue weighted by molar-refractivity contribution is -0.133. The molecule has 4 rings (SSSR count). The molecule has 1 atom stereocenters. The quantitative estimate of drug-likeness (QED) is 0.723. The third-order valence-electron chi connectivity index (χ3n) is 5.68. The number of hydrogen-bond donors (Lipinski definition) is 2. The fourth-order valence-corrected chi connectivity index (χ4v) is 4.08. The summed E-state index contributed by atoms with van der Waals surface area (Å²) in [5.41, 5.74) is 2.76. The molecular formula is C23H23N3O5. The third-order valence-corrected chi connectivity index (χ3v) is 5.68. The topological polar surface area (TPSA) is 105 Å². The van der Waals surface area contributed by atoms with E-state index >= 15 is 0 Å². The molecule has 8 nitrogen and oxygen atoms in total. The molecule has 0 bridgehead atoms. The van der Waals surface area contributed by atoms with Crippen molar-refractivity contribution in [3.63, 3.8) is 0 Å². The van der Waals surface area contributed by atoms with E-state index in [4.69, 9.17) is 4.74 Å². The average Bonchev–Trinajstić information content (AvgIpc) is 3.09. The summed E-state index contributed by atoms with van der Waals surface area (Å²) in [6.07, 6.45) is 0.576. The lowest BCUT2D eigenvalue weighted by atomic mass is 9.92. The van der Waals surface area contributed by atoms with Gasteiger partial charge in [0.15, 0.2) is 5.78 Å². The number of amides is 3. The van der Waals surface area contributed by atoms with E-state index in [0.29, 0.717) is 36.4 Å². The molecule has 1 aliphatic heterocycles. The summed E-state index contributed by atoms with van der Waals surface area (Å²) >= 11 is 0. The van der Waals surface area contributed by atoms with E-state index < -0.39 is 6.04 Å². The Bertz CT molecular complexity index is 1060. The summed E-state index contributed by atoms with van der Waals surface area (Å²) in [5.74, 6) is 0.161. The zero-order chi connectivity index (χ0) is 22.0. The number of anilines is 1. The number of hydrogen-bond acceptors (Lipinski definition) is 5. The Morgan fingerprint density at radius 1 is 1.16 bits per heavy atom. The molecule has 1 aliphatic carbocycles. The van der Waals surface area contributed by atoms with Gasteiger partial charge < -0.3 is 20.3 Å². The van der Waals surface area contributed by atoms with Gasteiger partial charge in [-0.2, -0.15) is 0 Å². The Kier molecular flexibility index (Phi) is 5.70. The first-order valence-electron chi connectivity index (χ1n) is 10.1. The standard InChI is InChI=1S/C23H23N3O5/c1-31-17-6-3-5-15(10-17)25-23(30)24-12-14-4-2-7-18-19(14)13-26(22(18)29)20-9-8-16(27)11-21(20)28/h2-7,10,20H,8-9,11-13H2,1H3,(H2,24,25,30). The smallest absolute Gasteiger partial charge is 0.319 e. The molecule has 160 valence electrons. The van der Waals surface area contributed by atoms with E-state index in [2.05, 4.69) is 10.6 Å². The van der Waals surface area contributed by atoms with Crippen LogP contribution in [0.2, 0.25) is 0 Å². The largest absolute Gasteiger partial charge is 0.497 e. The molecule has 0 saturated heterocycles. The summed E-state index contributed by atoms with van der Waals surface area (Å²) < 4.78 is 5.15. The highest BCUT2D eigenvalue weighted by molar-refractivity contribution is 6.07. The second-order valence-electron chi connectivity index (χ2n) is 7.65. The van der Waals surface area contributed by atoms with Crippen molar-refractivity contribution >= 4 is 29.2 Å². The number of Topliss-reactive ketones (excluding diaryl/α,β-unsaturated/α-hetero) is 2. The van der Waals surface area contributed by atoms with Crippen LogP contribution in [0.4, 0.5) is 10.5 Å². The summed E-state index contributed by atoms with van der Waals surface area (Å²) in [5, 5.41) is 5.56. The number of fused-ring (bicyclic) bond motifs is 1. The van der Waals surface area contributed by atoms with E-state index in [1.54, 1.807) is 48.4 Å². The van der Waals surface area contributed by atoms with Crippen molar-refractivity contribution in [3.8, 4) is 5.75 Å². The van der Waals surface area contributed by atoms with Crippen molar-refractivity contribution in [1.29, 1.82) is 0 Å². The molecule has 2 aromatic rings. The maximum atomic E-state index is 12.9. The van der Waals surface area contributed by atoms with Gasteiger partial charge in [-0.3, -0.25) is 14.4 Å². The van der Waals surface area contributed by atoms with E-state index in [-0.39, 0.29) is 36.5 Å². The number of ether oxygens (including phenoxy) is 1. The van der Waals surface area contributed by atoms with E-state index in [1.165, 1.54) is 0 Å². The molecule has 2 aliphatic rings. The summed E-state index contributed by atoms with van der Waals surface area (Å²) in [6.45, 7) is 0.533. The Labute approximate surface area is 179 Å². The maximum absolute atomic E-state index is 12.9. The van der Waals surface area contributed by atoms with Crippen LogP contribution in [0, 0.1) is 0 Å². The van der Waals surface area contributed by atoms with Crippen LogP contribution >= 0.6 is 0 Å². The monoisotopic (exact) mass is 421 g/mol. The zero-order valence-electron chi connectivity index (χ0n) is 17.1. The SMILES string of the molecule is COc1cccc(NC(=O)NCc2cccc3c2CN(C2CCC(=O)CC2=O)C3=O)c1. The van der Waals surface area contributed by atoms with Gasteiger partial charge >= 0.3 is 6.03 Å². The zero-order valence-corrected chi connectivity index (χ0v) is 17.1. The second kappa shape index (κ2) is 8.59. The Hall–Kier alpha value is -3.68. The van der Waals surface area contributed by atoms with Gasteiger partial charge in [0, 0.05) is 36.8 Å². The first kappa shape index (κ1) is 20.6. The fourth-order valence-electron chi connectivity index (χ4n) is 4.08. The van der Waals surface area contributed by atoms with Crippen LogP contribution in [0.15, 0.2) is 42.5 Å². The van der Waals surface area contributed by atoms with Crippen molar-refractivity contribution in [1.82, 2.24) is 10.2 Å². The van der Waals surface area contributed by atoms with Crippen molar-refractivity contribution < 1.29 is 23.9 Å². The first-order chi connectivity index (χ1) is 15.0. The third kappa shape index (κ3) is 4.28. The minimum atomic E-state index is -0.560. The van der Waals surface area contributed by atoms with Crippen LogP contribution in [-0.4, -0.2) is 41.6 Å². The Morgan fingerprint density at radius 3 is 2.74 bits per heavy atom. The summed E-state index contributed by atoms with van der Waals surface area (Å²) in [7, 11) is 1.55. The number of carbonyl (C=O) groups excluding carboxylic acids is 4. The predicted octanol–water partition coefficient (Wildman–Crippen LogP) is 2.66. The molecule has 1 heterocycles. The van der Waals surface area contributed by atoms with Crippen molar-refractivity contribution in [3.05, 3.63) is 59.2 Å². The van der Waals surface area contributed by atoms with Crippen molar-refractivity contribution in [2.24, 2.45) is 0 Å². The molecule has 0 radical (unpaired) electrons. The molecule has 0 spiro atoms. The molecule has 0 aromatic heterocycles. The number of ketones is 2. The molecule has 31 heavy (non-hydrogen) atoms. The fraction of sp³-hybridized carbons (Fsp3) is 0.304. The minimum Gasteiger partial charge on any atom is -0.497 e. The predicted molar refractivity (Wildman–Crippen MR) is 113 cm³/mol. The Balaban J connectivity index is 1.43. The van der Waals surface area contributed by atoms with Crippen LogP contribution in [0.5, 0.6) is 5.75 Å². The van der Waals surface area contributed by atoms with Gasteiger partial charge in [0.05, 0.1) is 19.6 Å². The number of methoxy groups -OCH3 is 1. The van der Waals surface area contributed by atoms with Crippen molar-refractivity contribution in [2.75, 3.05) is 12.4 Å². The normalized spacial score (nSPS) is 18.0. The minimum absolute atomic E-state index is 0.0719. The highest BCUT2D eigenvalue weighted by Crippen LogP contribution is 2.31. The lowest BCUT2D eigenvalue weighted by Gasteiger charge is -2.29. The number of carbonyl (C=O) groups is 4. The van der Waals surface area contributed by atoms with E-state index in [9.17, 15) is 19.2 Å². The average molecular weight is 421 g/mol. The van der Waals surface area contributed by atoms with Gasteiger partial charge in [-0.25, -0.2) is 4.79 Å². The molecule has 3 amide bonds. The van der Waals surface area contributed by atoms with Crippen LogP contribution in [0.1, 0.15) is 40.7 Å². The summed E-state index contributed by atoms with van der Waals surface area (Å²) in [4.78, 5) is 50.6. The van der Waals surface area contributed by atoms with Gasteiger partial charge in [-0.05, 0) is 35.7 Å². The van der Waals surface area contributed by atoms with Gasteiger partial charge in [0.1, 0.15) is 11.5 Å². The molecule has 1 saturated carbocycles. The molecule has 2 N–H and O–H groups in total. The first-order valence-corrected chi connectivity index (χ1v) is 10.1. The summed E-state index contributed by atoms with van der Waals surface area (Å²) in [6, 6.07) is 11.4. The van der Waals surface area contributed by atoms with E-state index in [1.807, 2.05) is 6.07 Å².